The average Bonchev–Trinajstić information content (AvgIpc) is 2.43. The molecule has 0 aromatic heterocycles. The minimum atomic E-state index is 0.331. The fourth-order valence-corrected chi connectivity index (χ4v) is 2.50. The van der Waals surface area contributed by atoms with Gasteiger partial charge in [0, 0.05) is 26.2 Å². The van der Waals surface area contributed by atoms with E-state index in [9.17, 15) is 0 Å². The first-order chi connectivity index (χ1) is 9.61. The molecule has 2 N–H and O–H groups in total. The zero-order valence-electron chi connectivity index (χ0n) is 10.7. The molecule has 106 valence electrons. The molecule has 5 heteroatoms. The summed E-state index contributed by atoms with van der Waals surface area (Å²) in [5, 5.41) is 1.91. The van der Waals surface area contributed by atoms with Crippen molar-refractivity contribution in [1.82, 2.24) is 0 Å². The Balaban J connectivity index is 2.18. The molecule has 2 rings (SSSR count). The Kier molecular flexibility index (Phi) is 5.55. The van der Waals surface area contributed by atoms with E-state index in [4.69, 9.17) is 45.3 Å². The van der Waals surface area contributed by atoms with Crippen LogP contribution < -0.4 is 10.5 Å². The van der Waals surface area contributed by atoms with Crippen molar-refractivity contribution in [3.05, 3.63) is 62.6 Å². The van der Waals surface area contributed by atoms with Crippen molar-refractivity contribution in [3.63, 3.8) is 0 Å². The number of hydrogen-bond donors (Lipinski definition) is 1. The quantitative estimate of drug-likeness (QED) is 0.860. The summed E-state index contributed by atoms with van der Waals surface area (Å²) in [6.07, 6.45) is 0.665. The fraction of sp³-hybridized carbons (Fsp3) is 0.200. The fourth-order valence-electron chi connectivity index (χ4n) is 1.87. The van der Waals surface area contributed by atoms with Gasteiger partial charge in [-0.2, -0.15) is 0 Å². The lowest BCUT2D eigenvalue weighted by atomic mass is 10.1. The monoisotopic (exact) mass is 329 g/mol. The lowest BCUT2D eigenvalue weighted by molar-refractivity contribution is 0.303. The molecular weight excluding hydrogens is 317 g/mol. The number of benzene rings is 2. The minimum Gasteiger partial charge on any atom is -0.489 e. The Morgan fingerprint density at radius 3 is 2.55 bits per heavy atom. The minimum absolute atomic E-state index is 0.331. The van der Waals surface area contributed by atoms with Crippen molar-refractivity contribution in [2.75, 3.05) is 6.54 Å². The van der Waals surface area contributed by atoms with Crippen LogP contribution in [0.1, 0.15) is 11.1 Å². The van der Waals surface area contributed by atoms with E-state index in [0.717, 1.165) is 16.9 Å². The normalized spacial score (nSPS) is 10.6. The standard InChI is InChI=1S/C15H14Cl3NO/c16-11-4-5-13(17)10(8-11)9-20-15-3-1-2-14(18)12(15)6-7-19/h1-5,8H,6-7,9,19H2. The van der Waals surface area contributed by atoms with Crippen LogP contribution in [0, 0.1) is 0 Å². The number of nitrogens with two attached hydrogens (primary N) is 1. The van der Waals surface area contributed by atoms with Gasteiger partial charge in [-0.15, -0.1) is 0 Å². The van der Waals surface area contributed by atoms with Gasteiger partial charge in [0.25, 0.3) is 0 Å². The second kappa shape index (κ2) is 7.19. The van der Waals surface area contributed by atoms with Crippen LogP contribution in [0.15, 0.2) is 36.4 Å². The maximum atomic E-state index is 6.16. The van der Waals surface area contributed by atoms with Crippen LogP contribution >= 0.6 is 34.8 Å². The number of hydrogen-bond acceptors (Lipinski definition) is 2. The van der Waals surface area contributed by atoms with Crippen LogP contribution in [0.25, 0.3) is 0 Å². The maximum absolute atomic E-state index is 6.16. The molecule has 0 aliphatic heterocycles. The van der Waals surface area contributed by atoms with Crippen LogP contribution in [0.5, 0.6) is 5.75 Å². The lowest BCUT2D eigenvalue weighted by Gasteiger charge is -2.13. The summed E-state index contributed by atoms with van der Waals surface area (Å²) in [5.74, 6) is 0.721. The van der Waals surface area contributed by atoms with Gasteiger partial charge in [0.1, 0.15) is 12.4 Å². The third-order valence-electron chi connectivity index (χ3n) is 2.86. The van der Waals surface area contributed by atoms with E-state index in [0.29, 0.717) is 34.6 Å². The van der Waals surface area contributed by atoms with E-state index in [1.54, 1.807) is 18.2 Å². The van der Waals surface area contributed by atoms with Crippen LogP contribution in [-0.4, -0.2) is 6.54 Å². The molecule has 0 fully saturated rings. The molecule has 0 bridgehead atoms. The second-order valence-corrected chi connectivity index (χ2v) is 5.53. The van der Waals surface area contributed by atoms with Crippen LogP contribution in [0.4, 0.5) is 0 Å². The zero-order valence-corrected chi connectivity index (χ0v) is 13.0. The van der Waals surface area contributed by atoms with Crippen molar-refractivity contribution >= 4 is 34.8 Å². The smallest absolute Gasteiger partial charge is 0.124 e. The highest BCUT2D eigenvalue weighted by molar-refractivity contribution is 6.33. The van der Waals surface area contributed by atoms with Gasteiger partial charge in [0.05, 0.1) is 0 Å². The van der Waals surface area contributed by atoms with Crippen molar-refractivity contribution in [3.8, 4) is 5.75 Å². The van der Waals surface area contributed by atoms with E-state index >= 15 is 0 Å². The van der Waals surface area contributed by atoms with Crippen LogP contribution in [0.2, 0.25) is 15.1 Å². The molecule has 2 aromatic carbocycles. The summed E-state index contributed by atoms with van der Waals surface area (Å²) in [5.41, 5.74) is 7.34. The number of ether oxygens (including phenoxy) is 1. The molecule has 0 heterocycles. The molecule has 0 aliphatic rings. The van der Waals surface area contributed by atoms with E-state index in [1.807, 2.05) is 18.2 Å². The highest BCUT2D eigenvalue weighted by atomic mass is 35.5. The first-order valence-corrected chi connectivity index (χ1v) is 7.29. The molecule has 0 unspecified atom stereocenters. The summed E-state index contributed by atoms with van der Waals surface area (Å²) in [6, 6.07) is 10.8. The first kappa shape index (κ1) is 15.5. The van der Waals surface area contributed by atoms with Crippen molar-refractivity contribution in [2.24, 2.45) is 5.73 Å². The van der Waals surface area contributed by atoms with Crippen LogP contribution in [-0.2, 0) is 13.0 Å². The van der Waals surface area contributed by atoms with Gasteiger partial charge < -0.3 is 10.5 Å². The molecule has 0 saturated heterocycles. The second-order valence-electron chi connectivity index (χ2n) is 4.28. The van der Waals surface area contributed by atoms with E-state index in [-0.39, 0.29) is 0 Å². The van der Waals surface area contributed by atoms with Gasteiger partial charge in [-0.05, 0) is 43.3 Å². The van der Waals surface area contributed by atoms with Crippen molar-refractivity contribution in [2.45, 2.75) is 13.0 Å². The Labute approximate surface area is 133 Å². The number of halogens is 3. The maximum Gasteiger partial charge on any atom is 0.124 e. The summed E-state index contributed by atoms with van der Waals surface area (Å²) in [4.78, 5) is 0. The molecule has 0 radical (unpaired) electrons. The van der Waals surface area contributed by atoms with E-state index in [2.05, 4.69) is 0 Å². The zero-order chi connectivity index (χ0) is 14.5. The predicted molar refractivity (Wildman–Crippen MR) is 85.0 cm³/mol. The molecule has 0 aliphatic carbocycles. The molecule has 0 atom stereocenters. The van der Waals surface area contributed by atoms with E-state index in [1.165, 1.54) is 0 Å². The molecule has 2 nitrogen and oxygen atoms in total. The van der Waals surface area contributed by atoms with Crippen LogP contribution in [0.3, 0.4) is 0 Å². The van der Waals surface area contributed by atoms with Crippen molar-refractivity contribution < 1.29 is 4.74 Å². The largest absolute Gasteiger partial charge is 0.489 e. The molecule has 0 saturated carbocycles. The first-order valence-electron chi connectivity index (χ1n) is 6.16. The SMILES string of the molecule is NCCc1c(Cl)cccc1OCc1cc(Cl)ccc1Cl. The summed E-state index contributed by atoms with van der Waals surface area (Å²) >= 11 is 18.2. The number of rotatable bonds is 5. The lowest BCUT2D eigenvalue weighted by Crippen LogP contribution is -2.06. The molecular formula is C15H14Cl3NO. The predicted octanol–water partition coefficient (Wildman–Crippen LogP) is 4.73. The Morgan fingerprint density at radius 2 is 1.80 bits per heavy atom. The van der Waals surface area contributed by atoms with Gasteiger partial charge in [0.15, 0.2) is 0 Å². The third kappa shape index (κ3) is 3.80. The Hall–Kier alpha value is -0.930. The molecule has 2 aromatic rings. The molecule has 0 spiro atoms. The summed E-state index contributed by atoms with van der Waals surface area (Å²) in [6.45, 7) is 0.843. The topological polar surface area (TPSA) is 35.2 Å². The van der Waals surface area contributed by atoms with Gasteiger partial charge in [-0.3, -0.25) is 0 Å². The van der Waals surface area contributed by atoms with Crippen molar-refractivity contribution in [1.29, 1.82) is 0 Å². The summed E-state index contributed by atoms with van der Waals surface area (Å²) < 4.78 is 5.81. The Morgan fingerprint density at radius 1 is 1.00 bits per heavy atom. The highest BCUT2D eigenvalue weighted by Gasteiger charge is 2.09. The average molecular weight is 331 g/mol. The molecule has 20 heavy (non-hydrogen) atoms. The molecule has 0 amide bonds. The van der Waals surface area contributed by atoms with E-state index < -0.39 is 0 Å². The third-order valence-corrected chi connectivity index (χ3v) is 3.82. The Bertz CT molecular complexity index is 602. The van der Waals surface area contributed by atoms with Gasteiger partial charge in [-0.1, -0.05) is 40.9 Å². The van der Waals surface area contributed by atoms with Gasteiger partial charge in [0.2, 0.25) is 0 Å². The van der Waals surface area contributed by atoms with Gasteiger partial charge in [-0.25, -0.2) is 0 Å². The van der Waals surface area contributed by atoms with Gasteiger partial charge >= 0.3 is 0 Å². The highest BCUT2D eigenvalue weighted by Crippen LogP contribution is 2.28. The summed E-state index contributed by atoms with van der Waals surface area (Å²) in [7, 11) is 0.